The van der Waals surface area contributed by atoms with Gasteiger partial charge in [-0.2, -0.15) is 13.2 Å². The predicted molar refractivity (Wildman–Crippen MR) is 103 cm³/mol. The molecular formula is C19H19F3N2O2S. The molecule has 4 nitrogen and oxygen atoms in total. The first-order chi connectivity index (χ1) is 12.8. The van der Waals surface area contributed by atoms with Gasteiger partial charge in [-0.05, 0) is 67.2 Å². The summed E-state index contributed by atoms with van der Waals surface area (Å²) in [4.78, 5) is 11.8. The van der Waals surface area contributed by atoms with Crippen LogP contribution in [0.1, 0.15) is 35.7 Å². The van der Waals surface area contributed by atoms with Crippen LogP contribution in [-0.2, 0) is 10.9 Å². The number of esters is 1. The van der Waals surface area contributed by atoms with Gasteiger partial charge in [-0.1, -0.05) is 13.3 Å². The number of hydrogen-bond donors (Lipinski definition) is 2. The smallest absolute Gasteiger partial charge is 0.416 e. The van der Waals surface area contributed by atoms with E-state index < -0.39 is 11.7 Å². The molecule has 0 radical (unpaired) electrons. The Hall–Kier alpha value is -2.61. The Bertz CT molecular complexity index is 775. The quantitative estimate of drug-likeness (QED) is 0.385. The van der Waals surface area contributed by atoms with Gasteiger partial charge >= 0.3 is 12.1 Å². The third kappa shape index (κ3) is 6.56. The highest BCUT2D eigenvalue weighted by Gasteiger charge is 2.29. The summed E-state index contributed by atoms with van der Waals surface area (Å²) in [5, 5.41) is 5.92. The van der Waals surface area contributed by atoms with Crippen molar-refractivity contribution in [2.24, 2.45) is 0 Å². The maximum atomic E-state index is 12.6. The van der Waals surface area contributed by atoms with Crippen molar-refractivity contribution >= 4 is 34.7 Å². The minimum absolute atomic E-state index is 0.216. The minimum Gasteiger partial charge on any atom is -0.462 e. The van der Waals surface area contributed by atoms with Crippen LogP contribution in [0.4, 0.5) is 24.5 Å². The van der Waals surface area contributed by atoms with Gasteiger partial charge in [-0.25, -0.2) is 4.79 Å². The molecule has 0 saturated heterocycles. The number of hydrogen-bond acceptors (Lipinski definition) is 3. The van der Waals surface area contributed by atoms with E-state index in [1.807, 2.05) is 6.92 Å². The molecule has 0 heterocycles. The van der Waals surface area contributed by atoms with E-state index in [0.29, 0.717) is 23.5 Å². The Morgan fingerprint density at radius 2 is 1.52 bits per heavy atom. The number of thiocarbonyl (C=S) groups is 1. The summed E-state index contributed by atoms with van der Waals surface area (Å²) in [5.41, 5.74) is 0.757. The largest absolute Gasteiger partial charge is 0.462 e. The molecular weight excluding hydrogens is 377 g/mol. The van der Waals surface area contributed by atoms with Gasteiger partial charge < -0.3 is 15.4 Å². The Labute approximate surface area is 160 Å². The zero-order valence-corrected chi connectivity index (χ0v) is 15.4. The number of anilines is 2. The number of benzene rings is 2. The molecule has 2 aromatic carbocycles. The Balaban J connectivity index is 1.89. The molecule has 2 aromatic rings. The Kier molecular flexibility index (Phi) is 7.18. The van der Waals surface area contributed by atoms with E-state index in [9.17, 15) is 18.0 Å². The number of carbonyl (C=O) groups excluding carboxylic acids is 1. The molecule has 0 aliphatic carbocycles. The highest BCUT2D eigenvalue weighted by molar-refractivity contribution is 7.80. The van der Waals surface area contributed by atoms with Crippen LogP contribution in [-0.4, -0.2) is 17.7 Å². The van der Waals surface area contributed by atoms with Crippen molar-refractivity contribution in [3.05, 3.63) is 59.7 Å². The molecule has 0 spiro atoms. The van der Waals surface area contributed by atoms with Gasteiger partial charge in [0.25, 0.3) is 0 Å². The molecule has 27 heavy (non-hydrogen) atoms. The SMILES string of the molecule is CCCCOC(=O)c1ccc(NC(=S)Nc2ccc(C(F)(F)F)cc2)cc1. The average molecular weight is 396 g/mol. The van der Waals surface area contributed by atoms with Gasteiger partial charge in [0, 0.05) is 11.4 Å². The van der Waals surface area contributed by atoms with Crippen LogP contribution in [0.2, 0.25) is 0 Å². The predicted octanol–water partition coefficient (Wildman–Crippen LogP) is 5.47. The molecule has 0 aliphatic rings. The fourth-order valence-corrected chi connectivity index (χ4v) is 2.35. The lowest BCUT2D eigenvalue weighted by Crippen LogP contribution is -2.19. The first-order valence-electron chi connectivity index (χ1n) is 8.32. The van der Waals surface area contributed by atoms with Gasteiger partial charge in [-0.3, -0.25) is 0 Å². The van der Waals surface area contributed by atoms with Gasteiger partial charge in [0.2, 0.25) is 0 Å². The molecule has 0 unspecified atom stereocenters. The topological polar surface area (TPSA) is 50.4 Å². The van der Waals surface area contributed by atoms with Crippen molar-refractivity contribution in [1.82, 2.24) is 0 Å². The number of alkyl halides is 3. The molecule has 8 heteroatoms. The zero-order valence-electron chi connectivity index (χ0n) is 14.6. The minimum atomic E-state index is -4.38. The molecule has 0 amide bonds. The highest BCUT2D eigenvalue weighted by Crippen LogP contribution is 2.29. The second kappa shape index (κ2) is 9.36. The summed E-state index contributed by atoms with van der Waals surface area (Å²) in [6.45, 7) is 2.40. The molecule has 0 fully saturated rings. The Morgan fingerprint density at radius 3 is 2.00 bits per heavy atom. The number of carbonyl (C=O) groups is 1. The van der Waals surface area contributed by atoms with Crippen molar-refractivity contribution in [3.63, 3.8) is 0 Å². The second-order valence-corrected chi connectivity index (χ2v) is 6.13. The van der Waals surface area contributed by atoms with Crippen LogP contribution >= 0.6 is 12.2 Å². The third-order valence-electron chi connectivity index (χ3n) is 3.58. The molecule has 0 aliphatic heterocycles. The van der Waals surface area contributed by atoms with Gasteiger partial charge in [0.05, 0.1) is 17.7 Å². The summed E-state index contributed by atoms with van der Waals surface area (Å²) < 4.78 is 42.8. The third-order valence-corrected chi connectivity index (χ3v) is 3.78. The van der Waals surface area contributed by atoms with Gasteiger partial charge in [0.1, 0.15) is 0 Å². The normalized spacial score (nSPS) is 11.0. The molecule has 0 aromatic heterocycles. The molecule has 2 N–H and O–H groups in total. The summed E-state index contributed by atoms with van der Waals surface area (Å²) in [6.07, 6.45) is -2.62. The standard InChI is InChI=1S/C19H19F3N2O2S/c1-2-3-12-26-17(25)13-4-8-15(9-5-13)23-18(27)24-16-10-6-14(7-11-16)19(20,21)22/h4-11H,2-3,12H2,1H3,(H2,23,24,27). The van der Waals surface area contributed by atoms with Crippen molar-refractivity contribution in [2.75, 3.05) is 17.2 Å². The van der Waals surface area contributed by atoms with E-state index in [-0.39, 0.29) is 11.1 Å². The van der Waals surface area contributed by atoms with Crippen LogP contribution in [0, 0.1) is 0 Å². The first-order valence-corrected chi connectivity index (χ1v) is 8.73. The van der Waals surface area contributed by atoms with E-state index in [1.165, 1.54) is 12.1 Å². The van der Waals surface area contributed by atoms with Gasteiger partial charge in [0.15, 0.2) is 5.11 Å². The molecule has 0 bridgehead atoms. The summed E-state index contributed by atoms with van der Waals surface area (Å²) in [5.74, 6) is -0.388. The van der Waals surface area contributed by atoms with E-state index in [2.05, 4.69) is 10.6 Å². The molecule has 2 rings (SSSR count). The van der Waals surface area contributed by atoms with Crippen LogP contribution in [0.25, 0.3) is 0 Å². The lowest BCUT2D eigenvalue weighted by Gasteiger charge is -2.12. The molecule has 144 valence electrons. The van der Waals surface area contributed by atoms with Crippen molar-refractivity contribution in [1.29, 1.82) is 0 Å². The van der Waals surface area contributed by atoms with E-state index in [0.717, 1.165) is 25.0 Å². The van der Waals surface area contributed by atoms with E-state index in [4.69, 9.17) is 17.0 Å². The summed E-state index contributed by atoms with van der Waals surface area (Å²) in [7, 11) is 0. The first kappa shape index (κ1) is 20.7. The second-order valence-electron chi connectivity index (χ2n) is 5.72. The average Bonchev–Trinajstić information content (AvgIpc) is 2.62. The monoisotopic (exact) mass is 396 g/mol. The summed E-state index contributed by atoms with van der Waals surface area (Å²) in [6, 6.07) is 11.1. The van der Waals surface area contributed by atoms with Crippen LogP contribution < -0.4 is 10.6 Å². The Morgan fingerprint density at radius 1 is 1.00 bits per heavy atom. The lowest BCUT2D eigenvalue weighted by atomic mass is 10.2. The number of nitrogens with one attached hydrogen (secondary N) is 2. The zero-order chi connectivity index (χ0) is 19.9. The van der Waals surface area contributed by atoms with E-state index >= 15 is 0 Å². The van der Waals surface area contributed by atoms with Crippen LogP contribution in [0.15, 0.2) is 48.5 Å². The number of halogens is 3. The van der Waals surface area contributed by atoms with Crippen LogP contribution in [0.5, 0.6) is 0 Å². The number of rotatable bonds is 6. The molecule has 0 saturated carbocycles. The fraction of sp³-hybridized carbons (Fsp3) is 0.263. The number of unbranched alkanes of at least 4 members (excludes halogenated alkanes) is 1. The summed E-state index contributed by atoms with van der Waals surface area (Å²) >= 11 is 5.14. The lowest BCUT2D eigenvalue weighted by molar-refractivity contribution is -0.137. The van der Waals surface area contributed by atoms with Crippen molar-refractivity contribution in [3.8, 4) is 0 Å². The van der Waals surface area contributed by atoms with Crippen molar-refractivity contribution in [2.45, 2.75) is 25.9 Å². The van der Waals surface area contributed by atoms with Gasteiger partial charge in [-0.15, -0.1) is 0 Å². The van der Waals surface area contributed by atoms with E-state index in [1.54, 1.807) is 24.3 Å². The molecule has 0 atom stereocenters. The number of ether oxygens (including phenoxy) is 1. The van der Waals surface area contributed by atoms with Crippen molar-refractivity contribution < 1.29 is 22.7 Å². The fourth-order valence-electron chi connectivity index (χ4n) is 2.12. The van der Waals surface area contributed by atoms with Crippen LogP contribution in [0.3, 0.4) is 0 Å². The highest BCUT2D eigenvalue weighted by atomic mass is 32.1. The maximum absolute atomic E-state index is 12.6. The maximum Gasteiger partial charge on any atom is 0.416 e.